The first kappa shape index (κ1) is 13.7. The molecule has 0 aliphatic carbocycles. The average molecular weight is 266 g/mol. The first-order valence-corrected chi connectivity index (χ1v) is 7.62. The molecule has 0 bridgehead atoms. The van der Waals surface area contributed by atoms with Gasteiger partial charge in [0, 0.05) is 36.3 Å². The van der Waals surface area contributed by atoms with Gasteiger partial charge in [-0.05, 0) is 31.7 Å². The Labute approximate surface area is 114 Å². The highest BCUT2D eigenvalue weighted by Crippen LogP contribution is 2.32. The normalized spacial score (nSPS) is 23.3. The fourth-order valence-corrected chi connectivity index (χ4v) is 3.34. The minimum absolute atomic E-state index is 0.290. The average Bonchev–Trinajstić information content (AvgIpc) is 2.83. The summed E-state index contributed by atoms with van der Waals surface area (Å²) in [5.41, 5.74) is 8.41. The van der Waals surface area contributed by atoms with E-state index < -0.39 is 0 Å². The molecule has 1 fully saturated rings. The van der Waals surface area contributed by atoms with Gasteiger partial charge in [-0.25, -0.2) is 0 Å². The number of nitrogens with zero attached hydrogens (tertiary/aromatic N) is 1. The van der Waals surface area contributed by atoms with Gasteiger partial charge in [-0.2, -0.15) is 0 Å². The number of ether oxygens (including phenoxy) is 1. The number of benzene rings is 1. The van der Waals surface area contributed by atoms with Crippen LogP contribution in [0, 0.1) is 0 Å². The molecule has 4 heteroatoms. The zero-order chi connectivity index (χ0) is 13.1. The van der Waals surface area contributed by atoms with Gasteiger partial charge in [0.2, 0.25) is 0 Å². The lowest BCUT2D eigenvalue weighted by atomic mass is 10.1. The highest BCUT2D eigenvalue weighted by molar-refractivity contribution is 7.98. The van der Waals surface area contributed by atoms with Crippen LogP contribution in [-0.4, -0.2) is 32.1 Å². The van der Waals surface area contributed by atoms with Gasteiger partial charge in [0.25, 0.3) is 0 Å². The number of thioether (sulfide) groups is 1. The third-order valence-corrected chi connectivity index (χ3v) is 4.57. The van der Waals surface area contributed by atoms with E-state index in [-0.39, 0.29) is 0 Å². The summed E-state index contributed by atoms with van der Waals surface area (Å²) in [4.78, 5) is 3.60. The fourth-order valence-electron chi connectivity index (χ4n) is 2.69. The van der Waals surface area contributed by atoms with Gasteiger partial charge < -0.3 is 15.4 Å². The van der Waals surface area contributed by atoms with Crippen molar-refractivity contribution in [1.82, 2.24) is 0 Å². The molecule has 1 heterocycles. The van der Waals surface area contributed by atoms with E-state index in [1.165, 1.54) is 16.1 Å². The Morgan fingerprint density at radius 2 is 2.28 bits per heavy atom. The maximum Gasteiger partial charge on any atom is 0.0750 e. The molecule has 0 radical (unpaired) electrons. The molecule has 1 aromatic rings. The van der Waals surface area contributed by atoms with Crippen LogP contribution in [-0.2, 0) is 11.3 Å². The van der Waals surface area contributed by atoms with Crippen molar-refractivity contribution in [2.45, 2.75) is 36.9 Å². The lowest BCUT2D eigenvalue weighted by Gasteiger charge is -2.31. The van der Waals surface area contributed by atoms with Crippen LogP contribution in [0.1, 0.15) is 18.9 Å². The monoisotopic (exact) mass is 266 g/mol. The van der Waals surface area contributed by atoms with Crippen molar-refractivity contribution in [3.8, 4) is 0 Å². The standard InChI is InChI=1S/C14H22N2OS/c1-10-12(7-8-17-10)16(2)13-5-4-6-14(18-3)11(13)9-15/h4-6,10,12H,7-9,15H2,1-3H3. The third-order valence-electron chi connectivity index (χ3n) is 3.75. The van der Waals surface area contributed by atoms with Crippen LogP contribution in [0.25, 0.3) is 0 Å². The van der Waals surface area contributed by atoms with E-state index in [9.17, 15) is 0 Å². The van der Waals surface area contributed by atoms with Gasteiger partial charge in [0.1, 0.15) is 0 Å². The molecule has 0 saturated carbocycles. The van der Waals surface area contributed by atoms with Crippen LogP contribution in [0.2, 0.25) is 0 Å². The van der Waals surface area contributed by atoms with E-state index in [1.54, 1.807) is 11.8 Å². The molecule has 0 aromatic heterocycles. The Morgan fingerprint density at radius 3 is 2.83 bits per heavy atom. The molecule has 1 aliphatic rings. The number of rotatable bonds is 4. The highest BCUT2D eigenvalue weighted by atomic mass is 32.2. The summed E-state index contributed by atoms with van der Waals surface area (Å²) in [6.07, 6.45) is 3.48. The molecule has 1 aromatic carbocycles. The van der Waals surface area contributed by atoms with Crippen LogP contribution in [0.5, 0.6) is 0 Å². The minimum Gasteiger partial charge on any atom is -0.376 e. The lowest BCUT2D eigenvalue weighted by Crippen LogP contribution is -2.37. The predicted molar refractivity (Wildman–Crippen MR) is 78.3 cm³/mol. The van der Waals surface area contributed by atoms with E-state index in [4.69, 9.17) is 10.5 Å². The third kappa shape index (κ3) is 2.51. The summed E-state index contributed by atoms with van der Waals surface area (Å²) in [5.74, 6) is 0. The Balaban J connectivity index is 2.32. The summed E-state index contributed by atoms with van der Waals surface area (Å²) < 4.78 is 5.66. The summed E-state index contributed by atoms with van der Waals surface area (Å²) in [5, 5.41) is 0. The minimum atomic E-state index is 0.290. The van der Waals surface area contributed by atoms with Gasteiger partial charge in [-0.1, -0.05) is 6.07 Å². The molecular formula is C14H22N2OS. The van der Waals surface area contributed by atoms with Crippen LogP contribution >= 0.6 is 11.8 Å². The first-order valence-electron chi connectivity index (χ1n) is 6.39. The summed E-state index contributed by atoms with van der Waals surface area (Å²) in [6, 6.07) is 6.86. The second-order valence-electron chi connectivity index (χ2n) is 4.70. The molecule has 2 unspecified atom stereocenters. The van der Waals surface area contributed by atoms with Crippen molar-refractivity contribution in [1.29, 1.82) is 0 Å². The summed E-state index contributed by atoms with van der Waals surface area (Å²) in [6.45, 7) is 3.59. The SMILES string of the molecule is CSc1cccc(N(C)C2CCOC2C)c1CN. The molecule has 18 heavy (non-hydrogen) atoms. The number of hydrogen-bond acceptors (Lipinski definition) is 4. The largest absolute Gasteiger partial charge is 0.376 e. The van der Waals surface area contributed by atoms with Crippen molar-refractivity contribution in [2.24, 2.45) is 5.73 Å². The quantitative estimate of drug-likeness (QED) is 0.850. The highest BCUT2D eigenvalue weighted by Gasteiger charge is 2.29. The van der Waals surface area contributed by atoms with Crippen LogP contribution in [0.15, 0.2) is 23.1 Å². The zero-order valence-corrected chi connectivity index (χ0v) is 12.2. The van der Waals surface area contributed by atoms with Crippen LogP contribution in [0.4, 0.5) is 5.69 Å². The van der Waals surface area contributed by atoms with Crippen molar-refractivity contribution >= 4 is 17.4 Å². The van der Waals surface area contributed by atoms with Crippen molar-refractivity contribution in [3.05, 3.63) is 23.8 Å². The van der Waals surface area contributed by atoms with Crippen molar-refractivity contribution in [3.63, 3.8) is 0 Å². The Morgan fingerprint density at radius 1 is 1.50 bits per heavy atom. The number of hydrogen-bond donors (Lipinski definition) is 1. The number of likely N-dealkylation sites (N-methyl/N-ethyl adjacent to an activating group) is 1. The van der Waals surface area contributed by atoms with E-state index in [0.717, 1.165) is 13.0 Å². The number of nitrogens with two attached hydrogens (primary N) is 1. The Bertz CT molecular complexity index is 411. The van der Waals surface area contributed by atoms with E-state index >= 15 is 0 Å². The van der Waals surface area contributed by atoms with E-state index in [2.05, 4.69) is 43.3 Å². The Hall–Kier alpha value is -0.710. The number of anilines is 1. The van der Waals surface area contributed by atoms with Gasteiger partial charge in [-0.15, -0.1) is 11.8 Å². The molecule has 2 rings (SSSR count). The molecule has 1 saturated heterocycles. The summed E-state index contributed by atoms with van der Waals surface area (Å²) >= 11 is 1.76. The molecule has 3 nitrogen and oxygen atoms in total. The molecule has 0 amide bonds. The predicted octanol–water partition coefficient (Wildman–Crippen LogP) is 2.48. The molecule has 1 aliphatic heterocycles. The zero-order valence-electron chi connectivity index (χ0n) is 11.3. The van der Waals surface area contributed by atoms with Gasteiger partial charge in [-0.3, -0.25) is 0 Å². The first-order chi connectivity index (χ1) is 8.69. The van der Waals surface area contributed by atoms with E-state index in [1.807, 2.05) is 0 Å². The molecule has 100 valence electrons. The lowest BCUT2D eigenvalue weighted by molar-refractivity contribution is 0.118. The topological polar surface area (TPSA) is 38.5 Å². The molecule has 2 atom stereocenters. The van der Waals surface area contributed by atoms with Gasteiger partial charge in [0.15, 0.2) is 0 Å². The van der Waals surface area contributed by atoms with Gasteiger partial charge in [0.05, 0.1) is 12.1 Å². The second-order valence-corrected chi connectivity index (χ2v) is 5.55. The fraction of sp³-hybridized carbons (Fsp3) is 0.571. The summed E-state index contributed by atoms with van der Waals surface area (Å²) in [7, 11) is 2.15. The smallest absolute Gasteiger partial charge is 0.0750 e. The maximum atomic E-state index is 5.93. The van der Waals surface area contributed by atoms with E-state index in [0.29, 0.717) is 18.7 Å². The van der Waals surface area contributed by atoms with Gasteiger partial charge >= 0.3 is 0 Å². The maximum absolute atomic E-state index is 5.93. The van der Waals surface area contributed by atoms with Crippen molar-refractivity contribution < 1.29 is 4.74 Å². The molecule has 0 spiro atoms. The Kier molecular flexibility index (Phi) is 4.54. The van der Waals surface area contributed by atoms with Crippen molar-refractivity contribution in [2.75, 3.05) is 24.8 Å². The molecular weight excluding hydrogens is 244 g/mol. The van der Waals surface area contributed by atoms with Crippen LogP contribution < -0.4 is 10.6 Å². The van der Waals surface area contributed by atoms with Crippen LogP contribution in [0.3, 0.4) is 0 Å². The second kappa shape index (κ2) is 5.95. The molecule has 2 N–H and O–H groups in total.